The Bertz CT molecular complexity index is 807. The molecule has 0 aromatic heterocycles. The number of imide groups is 1. The highest BCUT2D eigenvalue weighted by Gasteiger charge is 2.59. The molecule has 4 rings (SSSR count). The van der Waals surface area contributed by atoms with Crippen LogP contribution in [0.3, 0.4) is 0 Å². The molecule has 26 heavy (non-hydrogen) atoms. The predicted octanol–water partition coefficient (Wildman–Crippen LogP) is 3.41. The number of amides is 2. The van der Waals surface area contributed by atoms with Gasteiger partial charge < -0.3 is 0 Å². The summed E-state index contributed by atoms with van der Waals surface area (Å²) in [5, 5.41) is 1.77. The molecule has 3 atom stereocenters. The van der Waals surface area contributed by atoms with E-state index in [1.165, 1.54) is 4.90 Å². The summed E-state index contributed by atoms with van der Waals surface area (Å²) in [6.45, 7) is 4.24. The van der Waals surface area contributed by atoms with Crippen LogP contribution in [0.5, 0.6) is 0 Å². The number of nitrogens with zero attached hydrogens (tertiary/aromatic N) is 2. The van der Waals surface area contributed by atoms with Crippen molar-refractivity contribution in [1.82, 2.24) is 0 Å². The Morgan fingerprint density at radius 2 is 1.46 bits per heavy atom. The van der Waals surface area contributed by atoms with Crippen molar-refractivity contribution >= 4 is 23.2 Å². The monoisotopic (exact) mass is 350 g/mol. The van der Waals surface area contributed by atoms with Gasteiger partial charge in [-0.15, -0.1) is 0 Å². The van der Waals surface area contributed by atoms with Crippen LogP contribution in [0.15, 0.2) is 60.7 Å². The fourth-order valence-electron chi connectivity index (χ4n) is 3.88. The van der Waals surface area contributed by atoms with Crippen molar-refractivity contribution in [2.45, 2.75) is 32.4 Å². The fourth-order valence-corrected chi connectivity index (χ4v) is 3.88. The minimum atomic E-state index is -0.758. The molecule has 5 nitrogen and oxygen atoms in total. The Morgan fingerprint density at radius 1 is 0.885 bits per heavy atom. The summed E-state index contributed by atoms with van der Waals surface area (Å²) < 4.78 is 0. The van der Waals surface area contributed by atoms with Gasteiger partial charge in [0.1, 0.15) is 0 Å². The van der Waals surface area contributed by atoms with Crippen LogP contribution in [-0.4, -0.2) is 24.0 Å². The zero-order valence-electron chi connectivity index (χ0n) is 14.9. The summed E-state index contributed by atoms with van der Waals surface area (Å²) in [7, 11) is 0. The van der Waals surface area contributed by atoms with Gasteiger partial charge in [0.25, 0.3) is 5.91 Å². The molecule has 0 spiro atoms. The first-order valence-corrected chi connectivity index (χ1v) is 9.02. The summed E-state index contributed by atoms with van der Waals surface area (Å²) >= 11 is 0. The fraction of sp³-hybridized carbons (Fsp3) is 0.333. The first-order valence-electron chi connectivity index (χ1n) is 9.02. The second kappa shape index (κ2) is 6.57. The molecule has 2 aliphatic rings. The lowest BCUT2D eigenvalue weighted by molar-refractivity contribution is -0.126. The predicted molar refractivity (Wildman–Crippen MR) is 99.5 cm³/mol. The van der Waals surface area contributed by atoms with Gasteiger partial charge in [-0.05, 0) is 36.6 Å². The minimum absolute atomic E-state index is 0.160. The van der Waals surface area contributed by atoms with E-state index in [0.29, 0.717) is 11.6 Å². The topological polar surface area (TPSA) is 49.9 Å². The third kappa shape index (κ3) is 2.69. The largest absolute Gasteiger partial charge is 0.273 e. The Hall–Kier alpha value is -2.66. The molecule has 134 valence electrons. The van der Waals surface area contributed by atoms with E-state index in [9.17, 15) is 9.59 Å². The average molecular weight is 350 g/mol. The van der Waals surface area contributed by atoms with Crippen molar-refractivity contribution < 1.29 is 14.4 Å². The molecule has 2 fully saturated rings. The molecule has 2 saturated heterocycles. The van der Waals surface area contributed by atoms with Crippen molar-refractivity contribution in [1.29, 1.82) is 0 Å². The SMILES string of the molecule is CC(C)C[C@H]1[C@@H]2C(=O)N(c3ccccc3)C(=O)[C@H]2ON1c1ccccc1. The summed E-state index contributed by atoms with van der Waals surface area (Å²) in [6.07, 6.45) is 0.0178. The van der Waals surface area contributed by atoms with Gasteiger partial charge in [0.2, 0.25) is 5.91 Å². The number of hydroxylamine groups is 1. The maximum atomic E-state index is 13.2. The van der Waals surface area contributed by atoms with Gasteiger partial charge in [0.05, 0.1) is 23.3 Å². The van der Waals surface area contributed by atoms with Crippen LogP contribution in [0.2, 0.25) is 0 Å². The standard InChI is InChI=1S/C21H22N2O3/c1-14(2)13-17-18-19(26-23(17)16-11-7-4-8-12-16)21(25)22(20(18)24)15-9-5-3-6-10-15/h3-12,14,17-19H,13H2,1-2H3/t17-,18-,19-/m0/s1. The highest BCUT2D eigenvalue weighted by molar-refractivity contribution is 6.23. The molecule has 5 heteroatoms. The van der Waals surface area contributed by atoms with Crippen LogP contribution in [-0.2, 0) is 14.4 Å². The van der Waals surface area contributed by atoms with Gasteiger partial charge >= 0.3 is 0 Å². The molecule has 2 aromatic carbocycles. The summed E-state index contributed by atoms with van der Waals surface area (Å²) in [4.78, 5) is 33.4. The number of carbonyl (C=O) groups excluding carboxylic acids is 2. The van der Waals surface area contributed by atoms with E-state index in [4.69, 9.17) is 4.84 Å². The number of anilines is 2. The molecule has 2 aliphatic heterocycles. The Labute approximate surface area is 153 Å². The molecule has 0 radical (unpaired) electrons. The number of hydrogen-bond acceptors (Lipinski definition) is 4. The van der Waals surface area contributed by atoms with Crippen LogP contribution >= 0.6 is 0 Å². The molecule has 2 amide bonds. The normalized spacial score (nSPS) is 25.3. The zero-order chi connectivity index (χ0) is 18.3. The second-order valence-electron chi connectivity index (χ2n) is 7.26. The van der Waals surface area contributed by atoms with Crippen LogP contribution in [0.4, 0.5) is 11.4 Å². The molecule has 0 aliphatic carbocycles. The highest BCUT2D eigenvalue weighted by atomic mass is 16.7. The summed E-state index contributed by atoms with van der Waals surface area (Å²) in [5.41, 5.74) is 1.48. The molecular formula is C21H22N2O3. The number of hydrogen-bond donors (Lipinski definition) is 0. The molecule has 0 unspecified atom stereocenters. The molecular weight excluding hydrogens is 328 g/mol. The average Bonchev–Trinajstić information content (AvgIpc) is 3.12. The van der Waals surface area contributed by atoms with Crippen molar-refractivity contribution in [3.8, 4) is 0 Å². The van der Waals surface area contributed by atoms with E-state index in [1.807, 2.05) is 48.5 Å². The summed E-state index contributed by atoms with van der Waals surface area (Å²) in [6, 6.07) is 18.6. The van der Waals surface area contributed by atoms with Gasteiger partial charge in [-0.1, -0.05) is 50.2 Å². The number of rotatable bonds is 4. The lowest BCUT2D eigenvalue weighted by atomic mass is 9.90. The maximum Gasteiger partial charge on any atom is 0.266 e. The van der Waals surface area contributed by atoms with Gasteiger partial charge in [0.15, 0.2) is 6.10 Å². The number of para-hydroxylation sites is 2. The van der Waals surface area contributed by atoms with Crippen LogP contribution < -0.4 is 9.96 Å². The molecule has 0 N–H and O–H groups in total. The first-order chi connectivity index (χ1) is 12.6. The highest BCUT2D eigenvalue weighted by Crippen LogP contribution is 2.42. The van der Waals surface area contributed by atoms with Crippen LogP contribution in [0.1, 0.15) is 20.3 Å². The van der Waals surface area contributed by atoms with E-state index < -0.39 is 12.0 Å². The third-order valence-corrected chi connectivity index (χ3v) is 4.98. The number of carbonyl (C=O) groups is 2. The molecule has 0 bridgehead atoms. The van der Waals surface area contributed by atoms with E-state index in [1.54, 1.807) is 17.2 Å². The smallest absolute Gasteiger partial charge is 0.266 e. The molecule has 2 aromatic rings. The Morgan fingerprint density at radius 3 is 2.04 bits per heavy atom. The van der Waals surface area contributed by atoms with Crippen LogP contribution in [0.25, 0.3) is 0 Å². The van der Waals surface area contributed by atoms with Gasteiger partial charge in [-0.25, -0.2) is 9.96 Å². The van der Waals surface area contributed by atoms with Gasteiger partial charge in [-0.3, -0.25) is 14.4 Å². The summed E-state index contributed by atoms with van der Waals surface area (Å²) in [5.74, 6) is -0.554. The molecule has 2 heterocycles. The van der Waals surface area contributed by atoms with Gasteiger partial charge in [0, 0.05) is 0 Å². The Kier molecular flexibility index (Phi) is 4.24. The van der Waals surface area contributed by atoms with E-state index in [-0.39, 0.29) is 17.9 Å². The first kappa shape index (κ1) is 16.8. The van der Waals surface area contributed by atoms with Crippen molar-refractivity contribution in [3.05, 3.63) is 60.7 Å². The van der Waals surface area contributed by atoms with E-state index in [2.05, 4.69) is 13.8 Å². The number of benzene rings is 2. The molecule has 0 saturated carbocycles. The Balaban J connectivity index is 1.70. The van der Waals surface area contributed by atoms with Crippen molar-refractivity contribution in [3.63, 3.8) is 0 Å². The lowest BCUT2D eigenvalue weighted by Gasteiger charge is -2.29. The van der Waals surface area contributed by atoms with Crippen LogP contribution in [0, 0.1) is 11.8 Å². The van der Waals surface area contributed by atoms with Crippen molar-refractivity contribution in [2.75, 3.05) is 9.96 Å². The minimum Gasteiger partial charge on any atom is -0.273 e. The van der Waals surface area contributed by atoms with E-state index in [0.717, 1.165) is 12.1 Å². The van der Waals surface area contributed by atoms with Crippen molar-refractivity contribution in [2.24, 2.45) is 11.8 Å². The lowest BCUT2D eigenvalue weighted by Crippen LogP contribution is -2.41. The number of fused-ring (bicyclic) bond motifs is 1. The third-order valence-electron chi connectivity index (χ3n) is 4.98. The van der Waals surface area contributed by atoms with E-state index >= 15 is 0 Å². The quantitative estimate of drug-likeness (QED) is 0.793. The van der Waals surface area contributed by atoms with Gasteiger partial charge in [-0.2, -0.15) is 0 Å². The zero-order valence-corrected chi connectivity index (χ0v) is 14.9. The second-order valence-corrected chi connectivity index (χ2v) is 7.26. The maximum absolute atomic E-state index is 13.2.